The van der Waals surface area contributed by atoms with Gasteiger partial charge in [0.25, 0.3) is 0 Å². The first-order chi connectivity index (χ1) is 11.1. The van der Waals surface area contributed by atoms with Crippen LogP contribution in [-0.2, 0) is 6.54 Å². The third-order valence-corrected chi connectivity index (χ3v) is 5.14. The second kappa shape index (κ2) is 6.67. The highest BCUT2D eigenvalue weighted by atomic mass is 16.5. The van der Waals surface area contributed by atoms with Gasteiger partial charge in [0.1, 0.15) is 0 Å². The summed E-state index contributed by atoms with van der Waals surface area (Å²) in [7, 11) is 3.80. The molecular formula is C18H28N2O3. The molecule has 1 N–H and O–H groups in total. The van der Waals surface area contributed by atoms with Crippen molar-refractivity contribution in [3.63, 3.8) is 0 Å². The lowest BCUT2D eigenvalue weighted by molar-refractivity contribution is 0.00298. The SMILES string of the molecule is CCOc1ccc(CN2CC3(CC(CO)N(C)C3)C2)cc1OC. The van der Waals surface area contributed by atoms with Gasteiger partial charge in [-0.3, -0.25) is 4.90 Å². The fraction of sp³-hybridized carbons (Fsp3) is 0.667. The normalized spacial score (nSPS) is 23.9. The number of rotatable bonds is 6. The summed E-state index contributed by atoms with van der Waals surface area (Å²) in [5.74, 6) is 1.61. The zero-order valence-corrected chi connectivity index (χ0v) is 14.4. The van der Waals surface area contributed by atoms with Gasteiger partial charge in [-0.05, 0) is 38.1 Å². The van der Waals surface area contributed by atoms with Crippen molar-refractivity contribution in [2.75, 3.05) is 47.0 Å². The van der Waals surface area contributed by atoms with E-state index >= 15 is 0 Å². The molecule has 128 valence electrons. The molecule has 1 atom stereocenters. The fourth-order valence-electron chi connectivity index (χ4n) is 4.17. The molecule has 1 spiro atoms. The number of hydrogen-bond acceptors (Lipinski definition) is 5. The Balaban J connectivity index is 1.58. The van der Waals surface area contributed by atoms with E-state index in [1.165, 1.54) is 5.56 Å². The van der Waals surface area contributed by atoms with E-state index in [-0.39, 0.29) is 6.61 Å². The first-order valence-electron chi connectivity index (χ1n) is 8.42. The van der Waals surface area contributed by atoms with E-state index in [4.69, 9.17) is 9.47 Å². The maximum absolute atomic E-state index is 9.44. The fourth-order valence-corrected chi connectivity index (χ4v) is 4.17. The average Bonchev–Trinajstić information content (AvgIpc) is 2.85. The van der Waals surface area contributed by atoms with Gasteiger partial charge in [-0.2, -0.15) is 0 Å². The molecule has 0 aliphatic carbocycles. The number of aliphatic hydroxyl groups is 1. The van der Waals surface area contributed by atoms with E-state index in [0.717, 1.165) is 44.1 Å². The third kappa shape index (κ3) is 3.32. The smallest absolute Gasteiger partial charge is 0.161 e. The molecule has 0 saturated carbocycles. The predicted octanol–water partition coefficient (Wildman–Crippen LogP) is 1.59. The topological polar surface area (TPSA) is 45.2 Å². The van der Waals surface area contributed by atoms with E-state index in [1.54, 1.807) is 7.11 Å². The van der Waals surface area contributed by atoms with Crippen molar-refractivity contribution in [2.45, 2.75) is 25.9 Å². The first kappa shape index (κ1) is 16.6. The molecule has 5 heteroatoms. The van der Waals surface area contributed by atoms with Crippen molar-refractivity contribution < 1.29 is 14.6 Å². The second-order valence-corrected chi connectivity index (χ2v) is 7.02. The quantitative estimate of drug-likeness (QED) is 0.862. The van der Waals surface area contributed by atoms with Gasteiger partial charge in [0.2, 0.25) is 0 Å². The van der Waals surface area contributed by atoms with Crippen LogP contribution in [-0.4, -0.2) is 68.0 Å². The number of aliphatic hydroxyl groups excluding tert-OH is 1. The minimum absolute atomic E-state index is 0.272. The average molecular weight is 320 g/mol. The lowest BCUT2D eigenvalue weighted by Crippen LogP contribution is -2.56. The molecule has 1 unspecified atom stereocenters. The van der Waals surface area contributed by atoms with Crippen LogP contribution in [0.5, 0.6) is 11.5 Å². The van der Waals surface area contributed by atoms with Crippen LogP contribution in [0, 0.1) is 5.41 Å². The molecule has 1 aromatic rings. The van der Waals surface area contributed by atoms with Crippen LogP contribution in [0.2, 0.25) is 0 Å². The molecule has 0 aromatic heterocycles. The summed E-state index contributed by atoms with van der Waals surface area (Å²) in [6.07, 6.45) is 1.11. The molecule has 2 aliphatic rings. The van der Waals surface area contributed by atoms with E-state index < -0.39 is 0 Å². The van der Waals surface area contributed by atoms with Crippen molar-refractivity contribution in [1.82, 2.24) is 9.80 Å². The maximum atomic E-state index is 9.44. The van der Waals surface area contributed by atoms with Gasteiger partial charge in [0.05, 0.1) is 20.3 Å². The predicted molar refractivity (Wildman–Crippen MR) is 90.0 cm³/mol. The van der Waals surface area contributed by atoms with Gasteiger partial charge >= 0.3 is 0 Å². The highest BCUT2D eigenvalue weighted by Crippen LogP contribution is 2.42. The van der Waals surface area contributed by atoms with Crippen LogP contribution in [0.1, 0.15) is 18.9 Å². The molecule has 0 amide bonds. The monoisotopic (exact) mass is 320 g/mol. The summed E-state index contributed by atoms with van der Waals surface area (Å²) in [4.78, 5) is 4.78. The highest BCUT2D eigenvalue weighted by Gasteiger charge is 2.49. The Morgan fingerprint density at radius 1 is 1.26 bits per heavy atom. The largest absolute Gasteiger partial charge is 0.493 e. The Labute approximate surface area is 138 Å². The Hall–Kier alpha value is -1.30. The Kier molecular flexibility index (Phi) is 4.80. The number of likely N-dealkylation sites (N-methyl/N-ethyl adjacent to an activating group) is 1. The molecule has 5 nitrogen and oxygen atoms in total. The molecule has 0 bridgehead atoms. The van der Waals surface area contributed by atoms with Crippen LogP contribution in [0.4, 0.5) is 0 Å². The summed E-state index contributed by atoms with van der Waals surface area (Å²) >= 11 is 0. The van der Waals surface area contributed by atoms with Crippen molar-refractivity contribution in [3.8, 4) is 11.5 Å². The number of likely N-dealkylation sites (tertiary alicyclic amines) is 2. The van der Waals surface area contributed by atoms with Crippen molar-refractivity contribution in [1.29, 1.82) is 0 Å². The number of methoxy groups -OCH3 is 1. The van der Waals surface area contributed by atoms with Gasteiger partial charge < -0.3 is 19.5 Å². The van der Waals surface area contributed by atoms with E-state index in [2.05, 4.69) is 29.0 Å². The molecular weight excluding hydrogens is 292 g/mol. The van der Waals surface area contributed by atoms with Gasteiger partial charge in [-0.15, -0.1) is 0 Å². The summed E-state index contributed by atoms with van der Waals surface area (Å²) in [5, 5.41) is 9.44. The van der Waals surface area contributed by atoms with E-state index in [9.17, 15) is 5.11 Å². The Morgan fingerprint density at radius 3 is 2.65 bits per heavy atom. The summed E-state index contributed by atoms with van der Waals surface area (Å²) in [6, 6.07) is 6.53. The van der Waals surface area contributed by atoms with Crippen LogP contribution in [0.25, 0.3) is 0 Å². The number of hydrogen-bond donors (Lipinski definition) is 1. The Bertz CT molecular complexity index is 543. The molecule has 2 saturated heterocycles. The van der Waals surface area contributed by atoms with E-state index in [0.29, 0.717) is 18.1 Å². The van der Waals surface area contributed by atoms with Crippen LogP contribution in [0.3, 0.4) is 0 Å². The second-order valence-electron chi connectivity index (χ2n) is 7.02. The molecule has 3 rings (SSSR count). The summed E-state index contributed by atoms with van der Waals surface area (Å²) in [6.45, 7) is 7.16. The first-order valence-corrected chi connectivity index (χ1v) is 8.42. The summed E-state index contributed by atoms with van der Waals surface area (Å²) < 4.78 is 11.0. The van der Waals surface area contributed by atoms with E-state index in [1.807, 2.05) is 13.0 Å². The maximum Gasteiger partial charge on any atom is 0.161 e. The van der Waals surface area contributed by atoms with Gasteiger partial charge in [0.15, 0.2) is 11.5 Å². The molecule has 2 fully saturated rings. The lowest BCUT2D eigenvalue weighted by Gasteiger charge is -2.48. The van der Waals surface area contributed by atoms with Crippen LogP contribution >= 0.6 is 0 Å². The standard InChI is InChI=1S/C18H28N2O3/c1-4-23-16-6-5-14(7-17(16)22-3)9-20-12-18(13-20)8-15(10-21)19(2)11-18/h5-7,15,21H,4,8-13H2,1-3H3. The number of ether oxygens (including phenoxy) is 2. The van der Waals surface area contributed by atoms with Crippen LogP contribution < -0.4 is 9.47 Å². The van der Waals surface area contributed by atoms with Gasteiger partial charge in [-0.25, -0.2) is 0 Å². The number of nitrogens with zero attached hydrogens (tertiary/aromatic N) is 2. The summed E-state index contributed by atoms with van der Waals surface area (Å²) in [5.41, 5.74) is 1.64. The van der Waals surface area contributed by atoms with Gasteiger partial charge in [0, 0.05) is 37.6 Å². The van der Waals surface area contributed by atoms with Gasteiger partial charge in [-0.1, -0.05) is 6.07 Å². The molecule has 23 heavy (non-hydrogen) atoms. The molecule has 2 aliphatic heterocycles. The molecule has 2 heterocycles. The zero-order chi connectivity index (χ0) is 16.4. The van der Waals surface area contributed by atoms with Crippen molar-refractivity contribution in [3.05, 3.63) is 23.8 Å². The minimum atomic E-state index is 0.272. The number of benzene rings is 1. The highest BCUT2D eigenvalue weighted by molar-refractivity contribution is 5.43. The lowest BCUT2D eigenvalue weighted by atomic mass is 9.77. The van der Waals surface area contributed by atoms with Crippen LogP contribution in [0.15, 0.2) is 18.2 Å². The molecule has 1 aromatic carbocycles. The van der Waals surface area contributed by atoms with Crippen molar-refractivity contribution in [2.24, 2.45) is 5.41 Å². The minimum Gasteiger partial charge on any atom is -0.493 e. The molecule has 0 radical (unpaired) electrons. The van der Waals surface area contributed by atoms with Crippen molar-refractivity contribution >= 4 is 0 Å². The third-order valence-electron chi connectivity index (χ3n) is 5.14. The Morgan fingerprint density at radius 2 is 2.04 bits per heavy atom. The zero-order valence-electron chi connectivity index (χ0n) is 14.4.